The van der Waals surface area contributed by atoms with Crippen LogP contribution in [0.1, 0.15) is 64.4 Å². The van der Waals surface area contributed by atoms with Gasteiger partial charge in [0.15, 0.2) is 5.96 Å². The molecule has 1 aromatic rings. The molecule has 3 rings (SSSR count). The monoisotopic (exact) mass is 799 g/mol. The Bertz CT molecular complexity index is 1690. The predicted octanol–water partition coefficient (Wildman–Crippen LogP) is -3.78. The second-order valence-corrected chi connectivity index (χ2v) is 14.3. The quantitative estimate of drug-likeness (QED) is 0.0554. The second kappa shape index (κ2) is 21.7. The van der Waals surface area contributed by atoms with Gasteiger partial charge in [0.1, 0.15) is 36.3 Å². The number of carbonyl (C=O) groups excluding carboxylic acids is 8. The zero-order valence-electron chi connectivity index (χ0n) is 32.0. The maximum atomic E-state index is 14.0. The number of nitrogens with zero attached hydrogens (tertiary/aromatic N) is 2. The smallest absolute Gasteiger partial charge is 0.305 e. The van der Waals surface area contributed by atoms with Crippen LogP contribution in [0.5, 0.6) is 0 Å². The summed E-state index contributed by atoms with van der Waals surface area (Å²) in [5.74, 6) is -8.97. The predicted molar refractivity (Wildman–Crippen MR) is 203 cm³/mol. The largest absolute Gasteiger partial charge is 0.481 e. The molecule has 0 aliphatic carbocycles. The highest BCUT2D eigenvalue weighted by Gasteiger charge is 2.40. The fourth-order valence-corrected chi connectivity index (χ4v) is 6.44. The minimum Gasteiger partial charge on any atom is -0.481 e. The molecule has 57 heavy (non-hydrogen) atoms. The highest BCUT2D eigenvalue weighted by atomic mass is 16.4. The van der Waals surface area contributed by atoms with Gasteiger partial charge in [0.25, 0.3) is 0 Å². The van der Waals surface area contributed by atoms with Crippen LogP contribution in [0.15, 0.2) is 35.3 Å². The average molecular weight is 800 g/mol. The average Bonchev–Trinajstić information content (AvgIpc) is 3.63. The van der Waals surface area contributed by atoms with E-state index in [1.807, 2.05) is 0 Å². The summed E-state index contributed by atoms with van der Waals surface area (Å²) in [5, 5.41) is 24.4. The number of aliphatic imine (C=N–C) groups is 1. The summed E-state index contributed by atoms with van der Waals surface area (Å²) < 4.78 is 0. The van der Waals surface area contributed by atoms with E-state index in [2.05, 4.69) is 36.9 Å². The van der Waals surface area contributed by atoms with Crippen molar-refractivity contribution >= 4 is 59.2 Å². The van der Waals surface area contributed by atoms with Gasteiger partial charge in [0.05, 0.1) is 19.4 Å². The number of carbonyl (C=O) groups is 9. The SMILES string of the molecule is CC(C)C[C@@H]1NC(=O)[C@H](CC(=O)O)NC(=O)CNC(=O)[C@H](Cc2ccccc2)NC(=O)[C@H](CCCN=C(N)N)NC(=O)[C@@H]2CCCN2C(=O)[C@H](CC(N)=O)NC1=O. The number of fused-ring (bicyclic) bond motifs is 1. The number of amides is 8. The Hall–Kier alpha value is -6.28. The Kier molecular flexibility index (Phi) is 17.2. The van der Waals surface area contributed by atoms with Gasteiger partial charge in [-0.1, -0.05) is 44.2 Å². The standard InChI is InChI=1S/C36H53N11O10/c1-19(2)14-22-32(54)46-25(16-27(37)48)35(57)47-13-7-11-26(47)34(56)43-21(10-6-12-40-36(38)39)31(53)45-23(15-20-8-4-3-5-9-20)30(52)41-18-28(49)42-24(17-29(50)51)33(55)44-22/h3-5,8-9,19,21-26H,6-7,10-18H2,1-2H3,(H2,37,48)(H,41,52)(H,42,49)(H,43,56)(H,44,55)(H,45,53)(H,46,54)(H,50,51)(H4,38,39,40)/t21-,22-,23-,24-,25-,26-/m0/s1. The molecule has 312 valence electrons. The van der Waals surface area contributed by atoms with Crippen molar-refractivity contribution in [3.8, 4) is 0 Å². The van der Waals surface area contributed by atoms with E-state index in [1.165, 1.54) is 4.90 Å². The van der Waals surface area contributed by atoms with Crippen molar-refractivity contribution in [3.05, 3.63) is 35.9 Å². The van der Waals surface area contributed by atoms with Crippen LogP contribution in [0.25, 0.3) is 0 Å². The van der Waals surface area contributed by atoms with Gasteiger partial charge in [0, 0.05) is 19.5 Å². The molecule has 2 saturated heterocycles. The van der Waals surface area contributed by atoms with Crippen LogP contribution in [0, 0.1) is 5.92 Å². The molecule has 0 bridgehead atoms. The fraction of sp³-hybridized carbons (Fsp3) is 0.556. The summed E-state index contributed by atoms with van der Waals surface area (Å²) in [4.78, 5) is 125. The number of guanidine groups is 1. The number of hydrogen-bond acceptors (Lipinski definition) is 10. The van der Waals surface area contributed by atoms with E-state index in [9.17, 15) is 48.3 Å². The van der Waals surface area contributed by atoms with Crippen LogP contribution in [0.2, 0.25) is 0 Å². The summed E-state index contributed by atoms with van der Waals surface area (Å²) in [6.07, 6.45) is -0.938. The minimum atomic E-state index is -1.71. The Morgan fingerprint density at radius 3 is 2.04 bits per heavy atom. The fourth-order valence-electron chi connectivity index (χ4n) is 6.44. The molecule has 2 aliphatic heterocycles. The number of primary amides is 1. The number of nitrogens with one attached hydrogen (secondary N) is 6. The Labute approximate surface area is 329 Å². The Balaban J connectivity index is 2.08. The molecule has 21 nitrogen and oxygen atoms in total. The highest BCUT2D eigenvalue weighted by Crippen LogP contribution is 2.20. The topological polar surface area (TPSA) is 340 Å². The molecular weight excluding hydrogens is 746 g/mol. The Morgan fingerprint density at radius 2 is 1.40 bits per heavy atom. The first kappa shape index (κ1) is 45.1. The van der Waals surface area contributed by atoms with Crippen LogP contribution in [-0.2, 0) is 49.6 Å². The third-order valence-electron chi connectivity index (χ3n) is 9.15. The van der Waals surface area contributed by atoms with Gasteiger partial charge >= 0.3 is 5.97 Å². The van der Waals surface area contributed by atoms with Crippen molar-refractivity contribution in [2.75, 3.05) is 19.6 Å². The van der Waals surface area contributed by atoms with Crippen LogP contribution >= 0.6 is 0 Å². The molecule has 8 amide bonds. The van der Waals surface area contributed by atoms with E-state index in [0.29, 0.717) is 12.0 Å². The van der Waals surface area contributed by atoms with E-state index in [0.717, 1.165) is 0 Å². The molecule has 6 atom stereocenters. The molecular formula is C36H53N11O10. The molecule has 21 heteroatoms. The lowest BCUT2D eigenvalue weighted by Gasteiger charge is -2.31. The summed E-state index contributed by atoms with van der Waals surface area (Å²) in [6, 6.07) is 0.205. The van der Waals surface area contributed by atoms with Crippen molar-refractivity contribution in [2.24, 2.45) is 28.1 Å². The molecule has 1 aromatic carbocycles. The van der Waals surface area contributed by atoms with Gasteiger partial charge in [-0.2, -0.15) is 0 Å². The van der Waals surface area contributed by atoms with Crippen LogP contribution in [0.3, 0.4) is 0 Å². The zero-order valence-corrected chi connectivity index (χ0v) is 32.0. The summed E-state index contributed by atoms with van der Waals surface area (Å²) in [6.45, 7) is 2.86. The van der Waals surface area contributed by atoms with Gasteiger partial charge in [-0.15, -0.1) is 0 Å². The lowest BCUT2D eigenvalue weighted by molar-refractivity contribution is -0.143. The maximum Gasteiger partial charge on any atom is 0.305 e. The number of aliphatic carboxylic acids is 1. The molecule has 0 unspecified atom stereocenters. The number of carboxylic acids is 1. The van der Waals surface area contributed by atoms with E-state index >= 15 is 0 Å². The highest BCUT2D eigenvalue weighted by molar-refractivity contribution is 5.99. The molecule has 2 heterocycles. The number of carboxylic acid groups (broad SMARTS) is 1. The van der Waals surface area contributed by atoms with E-state index in [4.69, 9.17) is 17.2 Å². The molecule has 2 fully saturated rings. The van der Waals surface area contributed by atoms with E-state index in [1.54, 1.807) is 44.2 Å². The van der Waals surface area contributed by atoms with E-state index < -0.39 is 109 Å². The van der Waals surface area contributed by atoms with Crippen molar-refractivity contribution in [2.45, 2.75) is 101 Å². The molecule has 2 aliphatic rings. The Morgan fingerprint density at radius 1 is 0.789 bits per heavy atom. The number of benzene rings is 1. The van der Waals surface area contributed by atoms with Crippen molar-refractivity contribution in [3.63, 3.8) is 0 Å². The maximum absolute atomic E-state index is 14.0. The molecule has 0 spiro atoms. The molecule has 0 saturated carbocycles. The first-order chi connectivity index (χ1) is 26.9. The number of nitrogens with two attached hydrogens (primary N) is 3. The normalized spacial score (nSPS) is 24.4. The third kappa shape index (κ3) is 14.7. The van der Waals surface area contributed by atoms with Crippen LogP contribution < -0.4 is 49.1 Å². The summed E-state index contributed by atoms with van der Waals surface area (Å²) in [5.41, 5.74) is 17.0. The van der Waals surface area contributed by atoms with E-state index in [-0.39, 0.29) is 57.1 Å². The molecule has 0 aromatic heterocycles. The summed E-state index contributed by atoms with van der Waals surface area (Å²) >= 11 is 0. The van der Waals surface area contributed by atoms with Gasteiger partial charge in [-0.25, -0.2) is 0 Å². The first-order valence-corrected chi connectivity index (χ1v) is 18.6. The van der Waals surface area contributed by atoms with Crippen molar-refractivity contribution in [1.82, 2.24) is 36.8 Å². The second-order valence-electron chi connectivity index (χ2n) is 14.3. The van der Waals surface area contributed by atoms with Crippen LogP contribution in [0.4, 0.5) is 0 Å². The lowest BCUT2D eigenvalue weighted by Crippen LogP contribution is -2.60. The summed E-state index contributed by atoms with van der Waals surface area (Å²) in [7, 11) is 0. The van der Waals surface area contributed by atoms with Crippen molar-refractivity contribution < 1.29 is 48.3 Å². The third-order valence-corrected chi connectivity index (χ3v) is 9.15. The van der Waals surface area contributed by atoms with Gasteiger partial charge in [0.2, 0.25) is 47.3 Å². The molecule has 13 N–H and O–H groups in total. The van der Waals surface area contributed by atoms with Crippen molar-refractivity contribution in [1.29, 1.82) is 0 Å². The minimum absolute atomic E-state index is 0.0119. The van der Waals surface area contributed by atoms with Crippen LogP contribution in [-0.4, -0.2) is 125 Å². The van der Waals surface area contributed by atoms with Gasteiger partial charge in [-0.05, 0) is 43.6 Å². The number of rotatable bonds is 12. The first-order valence-electron chi connectivity index (χ1n) is 18.6. The zero-order chi connectivity index (χ0) is 42.2. The van der Waals surface area contributed by atoms with Gasteiger partial charge in [-0.3, -0.25) is 48.1 Å². The molecule has 0 radical (unpaired) electrons. The van der Waals surface area contributed by atoms with Gasteiger partial charge < -0.3 is 59.1 Å². The lowest BCUT2D eigenvalue weighted by atomic mass is 10.0. The number of hydrogen-bond donors (Lipinski definition) is 10.